The Labute approximate surface area is 119 Å². The molecule has 1 fully saturated rings. The number of carbonyl (C=O) groups excluding carboxylic acids is 1. The van der Waals surface area contributed by atoms with E-state index in [0.29, 0.717) is 18.0 Å². The minimum atomic E-state index is -0.882. The molecule has 5 nitrogen and oxygen atoms in total. The van der Waals surface area contributed by atoms with Crippen molar-refractivity contribution in [2.75, 3.05) is 5.32 Å². The van der Waals surface area contributed by atoms with Crippen molar-refractivity contribution in [2.24, 2.45) is 11.8 Å². The van der Waals surface area contributed by atoms with E-state index in [1.54, 1.807) is 0 Å². The SMILES string of the molecule is O=C(O)[C@H]1CCC[C@H]1C(=O)Nc1nc2ccccc2s1. The number of benzene rings is 1. The average molecular weight is 290 g/mol. The molecule has 0 unspecified atom stereocenters. The number of nitrogens with zero attached hydrogens (tertiary/aromatic N) is 1. The topological polar surface area (TPSA) is 79.3 Å². The first-order chi connectivity index (χ1) is 9.65. The monoisotopic (exact) mass is 290 g/mol. The number of hydrogen-bond acceptors (Lipinski definition) is 4. The molecule has 1 aromatic carbocycles. The fourth-order valence-electron chi connectivity index (χ4n) is 2.69. The second-order valence-electron chi connectivity index (χ2n) is 4.96. The third kappa shape index (κ3) is 2.38. The van der Waals surface area contributed by atoms with Crippen LogP contribution >= 0.6 is 11.3 Å². The van der Waals surface area contributed by atoms with Gasteiger partial charge in [-0.1, -0.05) is 29.9 Å². The standard InChI is InChI=1S/C14H14N2O3S/c17-12(8-4-3-5-9(8)13(18)19)16-14-15-10-6-1-2-7-11(10)20-14/h1-2,6-9H,3-5H2,(H,18,19)(H,15,16,17)/t8-,9+/m1/s1. The van der Waals surface area contributed by atoms with E-state index in [4.69, 9.17) is 5.11 Å². The van der Waals surface area contributed by atoms with Gasteiger partial charge in [0.15, 0.2) is 5.13 Å². The predicted molar refractivity (Wildman–Crippen MR) is 76.7 cm³/mol. The number of fused-ring (bicyclic) bond motifs is 1. The maximum atomic E-state index is 12.2. The number of hydrogen-bond donors (Lipinski definition) is 2. The molecule has 1 amide bonds. The number of carbonyl (C=O) groups is 2. The van der Waals surface area contributed by atoms with Gasteiger partial charge in [0.25, 0.3) is 0 Å². The molecule has 0 bridgehead atoms. The van der Waals surface area contributed by atoms with E-state index < -0.39 is 17.8 Å². The van der Waals surface area contributed by atoms with Crippen molar-refractivity contribution in [3.63, 3.8) is 0 Å². The van der Waals surface area contributed by atoms with E-state index in [2.05, 4.69) is 10.3 Å². The quantitative estimate of drug-likeness (QED) is 0.911. The number of aliphatic carboxylic acids is 1. The van der Waals surface area contributed by atoms with E-state index in [-0.39, 0.29) is 5.91 Å². The molecule has 1 aromatic heterocycles. The number of anilines is 1. The summed E-state index contributed by atoms with van der Waals surface area (Å²) in [6, 6.07) is 7.64. The normalized spacial score (nSPS) is 22.0. The van der Waals surface area contributed by atoms with Crippen LogP contribution in [0.3, 0.4) is 0 Å². The van der Waals surface area contributed by atoms with Gasteiger partial charge in [-0.15, -0.1) is 0 Å². The Kier molecular flexibility index (Phi) is 3.40. The number of thiazole rings is 1. The van der Waals surface area contributed by atoms with Crippen molar-refractivity contribution < 1.29 is 14.7 Å². The zero-order valence-corrected chi connectivity index (χ0v) is 11.5. The first kappa shape index (κ1) is 13.1. The third-order valence-electron chi connectivity index (χ3n) is 3.69. The van der Waals surface area contributed by atoms with Crippen LogP contribution in [0.4, 0.5) is 5.13 Å². The minimum Gasteiger partial charge on any atom is -0.481 e. The van der Waals surface area contributed by atoms with E-state index in [1.165, 1.54) is 11.3 Å². The summed E-state index contributed by atoms with van der Waals surface area (Å²) in [7, 11) is 0. The molecule has 2 atom stereocenters. The van der Waals surface area contributed by atoms with Crippen molar-refractivity contribution in [2.45, 2.75) is 19.3 Å². The van der Waals surface area contributed by atoms with Crippen LogP contribution in [0.25, 0.3) is 10.2 Å². The summed E-state index contributed by atoms with van der Waals surface area (Å²) in [6.45, 7) is 0. The van der Waals surface area contributed by atoms with Crippen LogP contribution in [0, 0.1) is 11.8 Å². The molecule has 0 spiro atoms. The van der Waals surface area contributed by atoms with Crippen molar-refractivity contribution in [3.8, 4) is 0 Å². The molecular weight excluding hydrogens is 276 g/mol. The van der Waals surface area contributed by atoms with E-state index >= 15 is 0 Å². The van der Waals surface area contributed by atoms with Crippen LogP contribution in [-0.4, -0.2) is 22.0 Å². The van der Waals surface area contributed by atoms with Gasteiger partial charge >= 0.3 is 5.97 Å². The maximum Gasteiger partial charge on any atom is 0.307 e. The molecule has 2 N–H and O–H groups in total. The lowest BCUT2D eigenvalue weighted by atomic mass is 9.95. The second kappa shape index (κ2) is 5.20. The molecule has 3 rings (SSSR count). The number of amides is 1. The Hall–Kier alpha value is -1.95. The molecule has 2 aromatic rings. The van der Waals surface area contributed by atoms with Gasteiger partial charge in [-0.25, -0.2) is 4.98 Å². The van der Waals surface area contributed by atoms with Gasteiger partial charge < -0.3 is 10.4 Å². The van der Waals surface area contributed by atoms with Crippen molar-refractivity contribution >= 4 is 38.6 Å². The fraction of sp³-hybridized carbons (Fsp3) is 0.357. The van der Waals surface area contributed by atoms with Crippen LogP contribution in [0.15, 0.2) is 24.3 Å². The zero-order valence-electron chi connectivity index (χ0n) is 10.7. The van der Waals surface area contributed by atoms with Crippen molar-refractivity contribution in [1.29, 1.82) is 0 Å². The second-order valence-corrected chi connectivity index (χ2v) is 5.99. The number of rotatable bonds is 3. The van der Waals surface area contributed by atoms with Gasteiger partial charge in [0, 0.05) is 0 Å². The van der Waals surface area contributed by atoms with Crippen LogP contribution < -0.4 is 5.32 Å². The molecule has 0 saturated heterocycles. The summed E-state index contributed by atoms with van der Waals surface area (Å²) in [6.07, 6.45) is 2.00. The molecule has 1 aliphatic carbocycles. The minimum absolute atomic E-state index is 0.228. The predicted octanol–water partition coefficient (Wildman–Crippen LogP) is 2.74. The van der Waals surface area contributed by atoms with Crippen LogP contribution in [0.2, 0.25) is 0 Å². The number of carboxylic acid groups (broad SMARTS) is 1. The lowest BCUT2D eigenvalue weighted by Gasteiger charge is -2.14. The highest BCUT2D eigenvalue weighted by Gasteiger charge is 2.37. The summed E-state index contributed by atoms with van der Waals surface area (Å²) in [4.78, 5) is 27.6. The number of para-hydroxylation sites is 1. The maximum absolute atomic E-state index is 12.2. The fourth-order valence-corrected chi connectivity index (χ4v) is 3.56. The summed E-state index contributed by atoms with van der Waals surface area (Å²) in [5.74, 6) is -2.12. The smallest absolute Gasteiger partial charge is 0.307 e. The van der Waals surface area contributed by atoms with Gasteiger partial charge in [-0.2, -0.15) is 0 Å². The van der Waals surface area contributed by atoms with Gasteiger partial charge in [0.2, 0.25) is 5.91 Å². The third-order valence-corrected chi connectivity index (χ3v) is 4.65. The van der Waals surface area contributed by atoms with Crippen molar-refractivity contribution in [1.82, 2.24) is 4.98 Å². The Morgan fingerprint density at radius 2 is 2.00 bits per heavy atom. The van der Waals surface area contributed by atoms with E-state index in [0.717, 1.165) is 16.6 Å². The lowest BCUT2D eigenvalue weighted by Crippen LogP contribution is -2.29. The molecule has 20 heavy (non-hydrogen) atoms. The molecule has 1 heterocycles. The van der Waals surface area contributed by atoms with E-state index in [1.807, 2.05) is 24.3 Å². The first-order valence-electron chi connectivity index (χ1n) is 6.54. The largest absolute Gasteiger partial charge is 0.481 e. The molecule has 6 heteroatoms. The van der Waals surface area contributed by atoms with Gasteiger partial charge in [0.1, 0.15) is 0 Å². The number of carboxylic acids is 1. The highest BCUT2D eigenvalue weighted by molar-refractivity contribution is 7.22. The van der Waals surface area contributed by atoms with Crippen LogP contribution in [-0.2, 0) is 9.59 Å². The van der Waals surface area contributed by atoms with Gasteiger partial charge in [0.05, 0.1) is 22.1 Å². The number of aromatic nitrogens is 1. The van der Waals surface area contributed by atoms with Gasteiger partial charge in [-0.3, -0.25) is 9.59 Å². The first-order valence-corrected chi connectivity index (χ1v) is 7.36. The molecule has 1 saturated carbocycles. The van der Waals surface area contributed by atoms with Crippen LogP contribution in [0.1, 0.15) is 19.3 Å². The summed E-state index contributed by atoms with van der Waals surface area (Å²) in [5, 5.41) is 12.4. The molecule has 1 aliphatic rings. The van der Waals surface area contributed by atoms with Gasteiger partial charge in [-0.05, 0) is 25.0 Å². The Morgan fingerprint density at radius 3 is 2.75 bits per heavy atom. The molecule has 0 radical (unpaired) electrons. The van der Waals surface area contributed by atoms with E-state index in [9.17, 15) is 9.59 Å². The summed E-state index contributed by atoms with van der Waals surface area (Å²) < 4.78 is 1.00. The highest BCUT2D eigenvalue weighted by Crippen LogP contribution is 2.33. The number of nitrogens with one attached hydrogen (secondary N) is 1. The zero-order chi connectivity index (χ0) is 14.1. The van der Waals surface area contributed by atoms with Crippen molar-refractivity contribution in [3.05, 3.63) is 24.3 Å². The lowest BCUT2D eigenvalue weighted by molar-refractivity contribution is -0.145. The van der Waals surface area contributed by atoms with Crippen LogP contribution in [0.5, 0.6) is 0 Å². The Balaban J connectivity index is 1.76. The molecule has 0 aliphatic heterocycles. The summed E-state index contributed by atoms with van der Waals surface area (Å²) in [5.41, 5.74) is 0.842. The molecular formula is C14H14N2O3S. The highest BCUT2D eigenvalue weighted by atomic mass is 32.1. The average Bonchev–Trinajstić information content (AvgIpc) is 3.04. The molecule has 104 valence electrons. The summed E-state index contributed by atoms with van der Waals surface area (Å²) >= 11 is 1.40. The Morgan fingerprint density at radius 1 is 1.25 bits per heavy atom. The Bertz CT molecular complexity index is 634.